The van der Waals surface area contributed by atoms with Crippen LogP contribution in [0.3, 0.4) is 0 Å². The molecule has 4 nitrogen and oxygen atoms in total. The predicted octanol–water partition coefficient (Wildman–Crippen LogP) is 4.40. The molecule has 0 aliphatic rings. The predicted molar refractivity (Wildman–Crippen MR) is 90.0 cm³/mol. The zero-order valence-electron chi connectivity index (χ0n) is 12.5. The molecule has 3 rings (SSSR count). The molecule has 0 spiro atoms. The number of aryl methyl sites for hydroxylation is 1. The number of hydrogen-bond donors (Lipinski definition) is 1. The summed E-state index contributed by atoms with van der Waals surface area (Å²) in [5.74, 6) is -0.167. The third-order valence-corrected chi connectivity index (χ3v) is 4.13. The average Bonchev–Trinajstić information content (AvgIpc) is 3.00. The lowest BCUT2D eigenvalue weighted by Gasteiger charge is -2.08. The first-order chi connectivity index (χ1) is 11.1. The first kappa shape index (κ1) is 15.2. The van der Waals surface area contributed by atoms with Gasteiger partial charge in [-0.2, -0.15) is 0 Å². The molecule has 0 atom stereocenters. The molecule has 0 bridgehead atoms. The standard InChI is InChI=1S/C18H15NO3S/c1-12-19-17(11-23-12)15-3-2-4-16(9-15)22-10-13-5-7-14(8-6-13)18(20)21/h2-9,11H,10H2,1H3,(H,20,21). The summed E-state index contributed by atoms with van der Waals surface area (Å²) in [4.78, 5) is 15.3. The fraction of sp³-hybridized carbons (Fsp3) is 0.111. The van der Waals surface area contributed by atoms with Gasteiger partial charge >= 0.3 is 5.97 Å². The van der Waals surface area contributed by atoms with E-state index in [1.165, 1.54) is 0 Å². The molecule has 0 radical (unpaired) electrons. The van der Waals surface area contributed by atoms with Crippen LogP contribution in [0.5, 0.6) is 5.75 Å². The molecule has 0 aliphatic heterocycles. The Bertz CT molecular complexity index is 824. The number of ether oxygens (including phenoxy) is 1. The molecule has 0 saturated carbocycles. The van der Waals surface area contributed by atoms with Crippen molar-refractivity contribution in [1.82, 2.24) is 4.98 Å². The van der Waals surface area contributed by atoms with Crippen LogP contribution < -0.4 is 4.74 Å². The Labute approximate surface area is 138 Å². The highest BCUT2D eigenvalue weighted by atomic mass is 32.1. The van der Waals surface area contributed by atoms with Gasteiger partial charge < -0.3 is 9.84 Å². The van der Waals surface area contributed by atoms with Crippen LogP contribution in [0, 0.1) is 6.92 Å². The molecule has 3 aromatic rings. The van der Waals surface area contributed by atoms with Crippen molar-refractivity contribution in [2.75, 3.05) is 0 Å². The molecule has 116 valence electrons. The molecule has 0 fully saturated rings. The van der Waals surface area contributed by atoms with Gasteiger partial charge in [0.1, 0.15) is 12.4 Å². The maximum absolute atomic E-state index is 10.8. The lowest BCUT2D eigenvalue weighted by Crippen LogP contribution is -1.99. The van der Waals surface area contributed by atoms with Gasteiger partial charge in [0.05, 0.1) is 16.3 Å². The first-order valence-electron chi connectivity index (χ1n) is 7.09. The highest BCUT2D eigenvalue weighted by molar-refractivity contribution is 7.09. The summed E-state index contributed by atoms with van der Waals surface area (Å²) < 4.78 is 5.79. The van der Waals surface area contributed by atoms with E-state index in [4.69, 9.17) is 9.84 Å². The highest BCUT2D eigenvalue weighted by Gasteiger charge is 2.05. The number of rotatable bonds is 5. The highest BCUT2D eigenvalue weighted by Crippen LogP contribution is 2.25. The zero-order chi connectivity index (χ0) is 16.2. The molecule has 0 amide bonds. The third-order valence-electron chi connectivity index (χ3n) is 3.36. The number of thiazole rings is 1. The van der Waals surface area contributed by atoms with Crippen molar-refractivity contribution in [2.45, 2.75) is 13.5 Å². The Morgan fingerprint density at radius 3 is 2.65 bits per heavy atom. The van der Waals surface area contributed by atoms with Gasteiger partial charge in [0.2, 0.25) is 0 Å². The number of nitrogens with zero attached hydrogens (tertiary/aromatic N) is 1. The van der Waals surface area contributed by atoms with Crippen LogP contribution in [-0.2, 0) is 6.61 Å². The SMILES string of the molecule is Cc1nc(-c2cccc(OCc3ccc(C(=O)O)cc3)c2)cs1. The number of carboxylic acid groups (broad SMARTS) is 1. The smallest absolute Gasteiger partial charge is 0.335 e. The van der Waals surface area contributed by atoms with E-state index in [1.807, 2.05) is 36.6 Å². The van der Waals surface area contributed by atoms with Gasteiger partial charge in [0.15, 0.2) is 0 Å². The Hall–Kier alpha value is -2.66. The lowest BCUT2D eigenvalue weighted by molar-refractivity contribution is 0.0697. The summed E-state index contributed by atoms with van der Waals surface area (Å²) in [5, 5.41) is 11.9. The summed E-state index contributed by atoms with van der Waals surface area (Å²) in [5.41, 5.74) is 3.16. The van der Waals surface area contributed by atoms with E-state index < -0.39 is 5.97 Å². The van der Waals surface area contributed by atoms with Crippen LogP contribution in [0.2, 0.25) is 0 Å². The molecule has 1 heterocycles. The summed E-state index contributed by atoms with van der Waals surface area (Å²) in [7, 11) is 0. The largest absolute Gasteiger partial charge is 0.489 e. The Morgan fingerprint density at radius 2 is 2.00 bits per heavy atom. The van der Waals surface area contributed by atoms with Crippen molar-refractivity contribution >= 4 is 17.3 Å². The normalized spacial score (nSPS) is 10.5. The molecule has 0 unspecified atom stereocenters. The van der Waals surface area contributed by atoms with Crippen molar-refractivity contribution in [2.24, 2.45) is 0 Å². The zero-order valence-corrected chi connectivity index (χ0v) is 13.3. The molecular formula is C18H15NO3S. The van der Waals surface area contributed by atoms with Crippen molar-refractivity contribution in [3.05, 3.63) is 70.0 Å². The van der Waals surface area contributed by atoms with Crippen LogP contribution in [-0.4, -0.2) is 16.1 Å². The van der Waals surface area contributed by atoms with Gasteiger partial charge in [-0.3, -0.25) is 0 Å². The molecule has 1 aromatic heterocycles. The van der Waals surface area contributed by atoms with Crippen LogP contribution in [0.4, 0.5) is 0 Å². The third kappa shape index (κ3) is 3.76. The minimum atomic E-state index is -0.927. The van der Waals surface area contributed by atoms with Crippen LogP contribution >= 0.6 is 11.3 Å². The summed E-state index contributed by atoms with van der Waals surface area (Å²) in [6.07, 6.45) is 0. The molecular weight excluding hydrogens is 310 g/mol. The van der Waals surface area contributed by atoms with Crippen molar-refractivity contribution in [1.29, 1.82) is 0 Å². The van der Waals surface area contributed by atoms with E-state index in [1.54, 1.807) is 35.6 Å². The van der Waals surface area contributed by atoms with Crippen LogP contribution in [0.25, 0.3) is 11.3 Å². The van der Waals surface area contributed by atoms with Gasteiger partial charge in [0.25, 0.3) is 0 Å². The maximum atomic E-state index is 10.8. The fourth-order valence-electron chi connectivity index (χ4n) is 2.15. The Balaban J connectivity index is 1.69. The van der Waals surface area contributed by atoms with Gasteiger partial charge in [-0.05, 0) is 36.8 Å². The second-order valence-electron chi connectivity index (χ2n) is 5.07. The molecule has 5 heteroatoms. The van der Waals surface area contributed by atoms with E-state index in [-0.39, 0.29) is 5.56 Å². The monoisotopic (exact) mass is 325 g/mol. The minimum absolute atomic E-state index is 0.273. The first-order valence-corrected chi connectivity index (χ1v) is 7.97. The maximum Gasteiger partial charge on any atom is 0.335 e. The van der Waals surface area contributed by atoms with E-state index in [9.17, 15) is 4.79 Å². The number of aromatic nitrogens is 1. The van der Waals surface area contributed by atoms with Gasteiger partial charge in [-0.15, -0.1) is 11.3 Å². The minimum Gasteiger partial charge on any atom is -0.489 e. The van der Waals surface area contributed by atoms with Crippen LogP contribution in [0.15, 0.2) is 53.9 Å². The van der Waals surface area contributed by atoms with Crippen molar-refractivity contribution in [3.8, 4) is 17.0 Å². The lowest BCUT2D eigenvalue weighted by atomic mass is 10.1. The molecule has 23 heavy (non-hydrogen) atoms. The quantitative estimate of drug-likeness (QED) is 0.755. The van der Waals surface area contributed by atoms with Gasteiger partial charge in [-0.1, -0.05) is 24.3 Å². The number of benzene rings is 2. The Kier molecular flexibility index (Phi) is 4.39. The molecule has 2 aromatic carbocycles. The van der Waals surface area contributed by atoms with E-state index >= 15 is 0 Å². The van der Waals surface area contributed by atoms with Crippen molar-refractivity contribution in [3.63, 3.8) is 0 Å². The average molecular weight is 325 g/mol. The summed E-state index contributed by atoms with van der Waals surface area (Å²) in [6.45, 7) is 2.37. The van der Waals surface area contributed by atoms with E-state index in [0.29, 0.717) is 6.61 Å². The number of aromatic carboxylic acids is 1. The Morgan fingerprint density at radius 1 is 1.22 bits per heavy atom. The number of carbonyl (C=O) groups is 1. The second kappa shape index (κ2) is 6.62. The number of hydrogen-bond acceptors (Lipinski definition) is 4. The van der Waals surface area contributed by atoms with Crippen molar-refractivity contribution < 1.29 is 14.6 Å². The topological polar surface area (TPSA) is 59.4 Å². The second-order valence-corrected chi connectivity index (χ2v) is 6.13. The molecule has 1 N–H and O–H groups in total. The van der Waals surface area contributed by atoms with E-state index in [0.717, 1.165) is 27.6 Å². The van der Waals surface area contributed by atoms with Gasteiger partial charge in [0, 0.05) is 10.9 Å². The molecule has 0 saturated heterocycles. The van der Waals surface area contributed by atoms with Crippen LogP contribution in [0.1, 0.15) is 20.9 Å². The fourth-order valence-corrected chi connectivity index (χ4v) is 2.77. The summed E-state index contributed by atoms with van der Waals surface area (Å²) in [6, 6.07) is 14.5. The van der Waals surface area contributed by atoms with E-state index in [2.05, 4.69) is 4.98 Å². The summed E-state index contributed by atoms with van der Waals surface area (Å²) >= 11 is 1.62. The van der Waals surface area contributed by atoms with Gasteiger partial charge in [-0.25, -0.2) is 9.78 Å². The number of carboxylic acids is 1. The molecule has 0 aliphatic carbocycles.